The van der Waals surface area contributed by atoms with Gasteiger partial charge in [0.25, 0.3) is 0 Å². The molecule has 0 radical (unpaired) electrons. The number of fused-ring (bicyclic) bond motifs is 1. The van der Waals surface area contributed by atoms with Crippen LogP contribution in [0, 0.1) is 11.6 Å². The van der Waals surface area contributed by atoms with Gasteiger partial charge in [-0.25, -0.2) is 13.8 Å². The van der Waals surface area contributed by atoms with Gasteiger partial charge in [0, 0.05) is 12.3 Å². The van der Waals surface area contributed by atoms with E-state index in [0.717, 1.165) is 6.07 Å². The van der Waals surface area contributed by atoms with Crippen LogP contribution in [0.1, 0.15) is 5.82 Å². The third kappa shape index (κ3) is 1.46. The van der Waals surface area contributed by atoms with Crippen molar-refractivity contribution in [1.29, 1.82) is 0 Å². The zero-order valence-corrected chi connectivity index (χ0v) is 7.91. The van der Waals surface area contributed by atoms with Crippen molar-refractivity contribution in [2.75, 3.05) is 5.88 Å². The fourth-order valence-corrected chi connectivity index (χ4v) is 1.46. The second-order valence-corrected chi connectivity index (χ2v) is 3.26. The van der Waals surface area contributed by atoms with E-state index in [1.807, 2.05) is 0 Å². The van der Waals surface area contributed by atoms with Gasteiger partial charge in [-0.3, -0.25) is 0 Å². The van der Waals surface area contributed by atoms with Gasteiger partial charge in [0.05, 0.1) is 5.52 Å². The van der Waals surface area contributed by atoms with Crippen LogP contribution in [-0.2, 0) is 6.42 Å². The van der Waals surface area contributed by atoms with Gasteiger partial charge in [-0.05, 0) is 12.1 Å². The summed E-state index contributed by atoms with van der Waals surface area (Å²) in [5.41, 5.74) is 0.522. The van der Waals surface area contributed by atoms with Crippen molar-refractivity contribution in [2.45, 2.75) is 6.42 Å². The van der Waals surface area contributed by atoms with E-state index in [1.54, 1.807) is 0 Å². The number of imidazole rings is 1. The second kappa shape index (κ2) is 3.53. The number of alkyl halides is 1. The average Bonchev–Trinajstić information content (AvgIpc) is 2.56. The number of aryl methyl sites for hydroxylation is 1. The molecular weight excluding hydrogens is 210 g/mol. The van der Waals surface area contributed by atoms with Gasteiger partial charge in [-0.15, -0.1) is 11.6 Å². The van der Waals surface area contributed by atoms with Gasteiger partial charge in [0.2, 0.25) is 0 Å². The second-order valence-electron chi connectivity index (χ2n) is 2.88. The van der Waals surface area contributed by atoms with Crippen molar-refractivity contribution in [3.8, 4) is 0 Å². The van der Waals surface area contributed by atoms with Crippen LogP contribution in [0.2, 0.25) is 0 Å². The molecule has 1 N–H and O–H groups in total. The lowest BCUT2D eigenvalue weighted by Crippen LogP contribution is -1.88. The van der Waals surface area contributed by atoms with Crippen molar-refractivity contribution in [3.05, 3.63) is 29.6 Å². The maximum atomic E-state index is 13.2. The first-order chi connectivity index (χ1) is 6.72. The molecule has 0 atom stereocenters. The minimum absolute atomic E-state index is 0.0325. The summed E-state index contributed by atoms with van der Waals surface area (Å²) in [6.07, 6.45) is 0.511. The van der Waals surface area contributed by atoms with E-state index in [9.17, 15) is 8.78 Å². The number of rotatable bonds is 2. The molecule has 74 valence electrons. The third-order valence-electron chi connectivity index (χ3n) is 1.93. The average molecular weight is 217 g/mol. The Hall–Kier alpha value is -1.16. The number of nitrogens with one attached hydrogen (secondary N) is 1. The quantitative estimate of drug-likeness (QED) is 0.769. The van der Waals surface area contributed by atoms with Gasteiger partial charge >= 0.3 is 0 Å². The Balaban J connectivity index is 2.59. The Labute approximate surface area is 83.9 Å². The molecule has 2 nitrogen and oxygen atoms in total. The lowest BCUT2D eigenvalue weighted by atomic mass is 10.3. The predicted octanol–water partition coefficient (Wildman–Crippen LogP) is 2.62. The molecule has 1 aromatic heterocycles. The highest BCUT2D eigenvalue weighted by molar-refractivity contribution is 6.17. The molecule has 0 amide bonds. The van der Waals surface area contributed by atoms with Crippen molar-refractivity contribution in [1.82, 2.24) is 9.97 Å². The van der Waals surface area contributed by atoms with E-state index in [4.69, 9.17) is 11.6 Å². The molecule has 0 spiro atoms. The lowest BCUT2D eigenvalue weighted by Gasteiger charge is -1.91. The van der Waals surface area contributed by atoms with E-state index >= 15 is 0 Å². The molecule has 0 saturated carbocycles. The number of hydrogen-bond acceptors (Lipinski definition) is 1. The normalized spacial score (nSPS) is 11.1. The largest absolute Gasteiger partial charge is 0.342 e. The van der Waals surface area contributed by atoms with Crippen LogP contribution in [0.4, 0.5) is 8.78 Å². The molecule has 0 unspecified atom stereocenters. The fraction of sp³-hybridized carbons (Fsp3) is 0.222. The van der Waals surface area contributed by atoms with Gasteiger partial charge in [-0.1, -0.05) is 0 Å². The predicted molar refractivity (Wildman–Crippen MR) is 50.4 cm³/mol. The number of hydrogen-bond donors (Lipinski definition) is 1. The van der Waals surface area contributed by atoms with Crippen molar-refractivity contribution >= 4 is 22.6 Å². The highest BCUT2D eigenvalue weighted by Gasteiger charge is 2.11. The molecule has 0 fully saturated rings. The van der Waals surface area contributed by atoms with Crippen LogP contribution < -0.4 is 0 Å². The zero-order chi connectivity index (χ0) is 10.1. The first kappa shape index (κ1) is 9.40. The maximum absolute atomic E-state index is 13.2. The first-order valence-electron chi connectivity index (χ1n) is 4.11. The topological polar surface area (TPSA) is 28.7 Å². The summed E-state index contributed by atoms with van der Waals surface area (Å²) >= 11 is 5.51. The highest BCUT2D eigenvalue weighted by Crippen LogP contribution is 2.18. The molecule has 2 rings (SSSR count). The molecule has 0 aliphatic carbocycles. The summed E-state index contributed by atoms with van der Waals surface area (Å²) in [5.74, 6) is -0.843. The van der Waals surface area contributed by atoms with E-state index in [0.29, 0.717) is 23.6 Å². The van der Waals surface area contributed by atoms with Crippen molar-refractivity contribution < 1.29 is 8.78 Å². The van der Waals surface area contributed by atoms with Crippen LogP contribution in [-0.4, -0.2) is 15.8 Å². The van der Waals surface area contributed by atoms with Crippen LogP contribution in [0.3, 0.4) is 0 Å². The molecular formula is C9H7ClF2N2. The molecule has 0 bridgehead atoms. The zero-order valence-electron chi connectivity index (χ0n) is 7.15. The van der Waals surface area contributed by atoms with E-state index in [-0.39, 0.29) is 5.52 Å². The van der Waals surface area contributed by atoms with Crippen LogP contribution in [0.15, 0.2) is 12.1 Å². The number of halogens is 3. The molecule has 5 heteroatoms. The van der Waals surface area contributed by atoms with Gasteiger partial charge < -0.3 is 4.98 Å². The number of benzene rings is 1. The molecule has 14 heavy (non-hydrogen) atoms. The SMILES string of the molecule is Fc1ccc2[nH]c(CCCl)nc2c1F. The molecule has 2 aromatic rings. The first-order valence-corrected chi connectivity index (χ1v) is 4.64. The Bertz CT molecular complexity index is 467. The Morgan fingerprint density at radius 1 is 1.36 bits per heavy atom. The number of aromatic nitrogens is 2. The molecule has 0 aliphatic rings. The van der Waals surface area contributed by atoms with Crippen molar-refractivity contribution in [3.63, 3.8) is 0 Å². The van der Waals surface area contributed by atoms with Crippen LogP contribution in [0.25, 0.3) is 11.0 Å². The van der Waals surface area contributed by atoms with Gasteiger partial charge in [0.15, 0.2) is 11.6 Å². The number of nitrogens with zero attached hydrogens (tertiary/aromatic N) is 1. The van der Waals surface area contributed by atoms with E-state index < -0.39 is 11.6 Å². The maximum Gasteiger partial charge on any atom is 0.186 e. The summed E-state index contributed by atoms with van der Waals surface area (Å²) in [7, 11) is 0. The van der Waals surface area contributed by atoms with Crippen molar-refractivity contribution in [2.24, 2.45) is 0 Å². The fourth-order valence-electron chi connectivity index (χ4n) is 1.28. The van der Waals surface area contributed by atoms with Gasteiger partial charge in [-0.2, -0.15) is 0 Å². The minimum Gasteiger partial charge on any atom is -0.342 e. The van der Waals surface area contributed by atoms with E-state index in [1.165, 1.54) is 6.07 Å². The molecule has 0 aliphatic heterocycles. The smallest absolute Gasteiger partial charge is 0.186 e. The summed E-state index contributed by atoms with van der Waals surface area (Å²) in [6.45, 7) is 0. The standard InChI is InChI=1S/C9H7ClF2N2/c10-4-3-7-13-6-2-1-5(11)8(12)9(6)14-7/h1-2H,3-4H2,(H,13,14). The lowest BCUT2D eigenvalue weighted by molar-refractivity contribution is 0.515. The van der Waals surface area contributed by atoms with Gasteiger partial charge in [0.1, 0.15) is 11.3 Å². The number of aromatic amines is 1. The van der Waals surface area contributed by atoms with Crippen LogP contribution >= 0.6 is 11.6 Å². The molecule has 0 saturated heterocycles. The Morgan fingerprint density at radius 3 is 2.86 bits per heavy atom. The van der Waals surface area contributed by atoms with E-state index in [2.05, 4.69) is 9.97 Å². The highest BCUT2D eigenvalue weighted by atomic mass is 35.5. The Morgan fingerprint density at radius 2 is 2.14 bits per heavy atom. The monoisotopic (exact) mass is 216 g/mol. The number of H-pyrrole nitrogens is 1. The third-order valence-corrected chi connectivity index (χ3v) is 2.12. The van der Waals surface area contributed by atoms with Crippen LogP contribution in [0.5, 0.6) is 0 Å². The Kier molecular flexibility index (Phi) is 2.37. The summed E-state index contributed by atoms with van der Waals surface area (Å²) < 4.78 is 26.0. The summed E-state index contributed by atoms with van der Waals surface area (Å²) in [5, 5.41) is 0. The minimum atomic E-state index is -0.917. The molecule has 1 aromatic carbocycles. The molecule has 1 heterocycles. The summed E-state index contributed by atoms with van der Waals surface area (Å²) in [4.78, 5) is 6.77. The summed E-state index contributed by atoms with van der Waals surface area (Å²) in [6, 6.07) is 2.53.